The first kappa shape index (κ1) is 22.0. The molecule has 1 aliphatic rings. The van der Waals surface area contributed by atoms with Gasteiger partial charge in [0, 0.05) is 5.02 Å². The van der Waals surface area contributed by atoms with Crippen LogP contribution < -0.4 is 14.9 Å². The van der Waals surface area contributed by atoms with E-state index in [1.807, 2.05) is 60.7 Å². The summed E-state index contributed by atoms with van der Waals surface area (Å²) in [6, 6.07) is 16.3. The Balaban J connectivity index is 1.88. The number of benzene rings is 2. The number of allylic oxidation sites excluding steroid dienone is 2. The molecular formula is C25H21ClN2O3S. The molecule has 1 aliphatic heterocycles. The second-order valence-corrected chi connectivity index (χ2v) is 8.53. The molecule has 7 heteroatoms. The van der Waals surface area contributed by atoms with Crippen molar-refractivity contribution in [1.29, 1.82) is 0 Å². The summed E-state index contributed by atoms with van der Waals surface area (Å²) in [4.78, 5) is 31.3. The van der Waals surface area contributed by atoms with E-state index in [1.54, 1.807) is 26.0 Å². The van der Waals surface area contributed by atoms with Crippen molar-refractivity contribution in [2.75, 3.05) is 6.61 Å². The Morgan fingerprint density at radius 1 is 1.19 bits per heavy atom. The minimum absolute atomic E-state index is 0.222. The van der Waals surface area contributed by atoms with Gasteiger partial charge in [0.05, 0.1) is 22.4 Å². The second kappa shape index (κ2) is 9.51. The number of ether oxygens (including phenoxy) is 1. The first-order chi connectivity index (χ1) is 15.5. The lowest BCUT2D eigenvalue weighted by atomic mass is 9.96. The van der Waals surface area contributed by atoms with Crippen LogP contribution >= 0.6 is 22.9 Å². The Hall–Kier alpha value is -3.22. The lowest BCUT2D eigenvalue weighted by molar-refractivity contribution is -0.139. The molecule has 3 aromatic rings. The summed E-state index contributed by atoms with van der Waals surface area (Å²) in [6.07, 6.45) is 5.54. The standard InChI is InChI=1S/C25H21ClN2O3S/c1-3-31-24(30)21-16(2)27-25-28(22(21)18-13-7-8-14-19(18)26)23(29)20(32-25)15-9-12-17-10-5-4-6-11-17/h4-15,22H,3H2,1-2H3/b12-9-,20-15?/t22-/m0/s1. The van der Waals surface area contributed by atoms with Crippen LogP contribution in [0.15, 0.2) is 81.7 Å². The molecule has 0 bridgehead atoms. The lowest BCUT2D eigenvalue weighted by Crippen LogP contribution is -2.40. The number of esters is 1. The van der Waals surface area contributed by atoms with E-state index in [0.29, 0.717) is 31.2 Å². The van der Waals surface area contributed by atoms with Crippen LogP contribution in [0, 0.1) is 0 Å². The van der Waals surface area contributed by atoms with Gasteiger partial charge in [0.1, 0.15) is 6.04 Å². The number of aromatic nitrogens is 1. The lowest BCUT2D eigenvalue weighted by Gasteiger charge is -2.25. The summed E-state index contributed by atoms with van der Waals surface area (Å²) in [7, 11) is 0. The maximum atomic E-state index is 13.4. The number of hydrogen-bond acceptors (Lipinski definition) is 5. The van der Waals surface area contributed by atoms with Gasteiger partial charge >= 0.3 is 5.97 Å². The fourth-order valence-corrected chi connectivity index (χ4v) is 4.84. The van der Waals surface area contributed by atoms with Crippen LogP contribution in [0.4, 0.5) is 0 Å². The van der Waals surface area contributed by atoms with Gasteiger partial charge in [0.2, 0.25) is 0 Å². The third-order valence-electron chi connectivity index (χ3n) is 5.05. The van der Waals surface area contributed by atoms with E-state index < -0.39 is 12.0 Å². The van der Waals surface area contributed by atoms with E-state index in [-0.39, 0.29) is 12.2 Å². The van der Waals surface area contributed by atoms with Gasteiger partial charge in [-0.25, -0.2) is 9.79 Å². The molecule has 1 atom stereocenters. The minimum atomic E-state index is -0.709. The van der Waals surface area contributed by atoms with Crippen molar-refractivity contribution in [1.82, 2.24) is 4.57 Å². The number of halogens is 1. The summed E-state index contributed by atoms with van der Waals surface area (Å²) in [5, 5.41) is 0.465. The zero-order valence-electron chi connectivity index (χ0n) is 17.6. The number of fused-ring (bicyclic) bond motifs is 1. The fraction of sp³-hybridized carbons (Fsp3) is 0.160. The van der Waals surface area contributed by atoms with Crippen molar-refractivity contribution in [2.24, 2.45) is 4.99 Å². The molecule has 0 spiro atoms. The van der Waals surface area contributed by atoms with E-state index in [2.05, 4.69) is 4.99 Å². The largest absolute Gasteiger partial charge is 0.463 e. The first-order valence-electron chi connectivity index (χ1n) is 10.2. The predicted molar refractivity (Wildman–Crippen MR) is 128 cm³/mol. The molecule has 0 unspecified atom stereocenters. The molecule has 0 radical (unpaired) electrons. The molecule has 32 heavy (non-hydrogen) atoms. The summed E-state index contributed by atoms with van der Waals surface area (Å²) < 4.78 is 7.34. The zero-order chi connectivity index (χ0) is 22.7. The Labute approximate surface area is 194 Å². The molecule has 4 rings (SSSR count). The summed E-state index contributed by atoms with van der Waals surface area (Å²) in [5.74, 6) is -0.503. The van der Waals surface area contributed by atoms with E-state index in [1.165, 1.54) is 15.9 Å². The number of carbonyl (C=O) groups is 1. The molecule has 0 amide bonds. The highest BCUT2D eigenvalue weighted by Crippen LogP contribution is 2.34. The molecule has 0 fully saturated rings. The molecule has 0 N–H and O–H groups in total. The Bertz CT molecular complexity index is 1400. The number of thiazole rings is 1. The highest BCUT2D eigenvalue weighted by atomic mass is 35.5. The quantitative estimate of drug-likeness (QED) is 0.534. The van der Waals surface area contributed by atoms with Gasteiger partial charge in [-0.05, 0) is 37.1 Å². The summed E-state index contributed by atoms with van der Waals surface area (Å²) in [6.45, 7) is 3.72. The van der Waals surface area contributed by atoms with Crippen LogP contribution in [0.25, 0.3) is 12.2 Å². The summed E-state index contributed by atoms with van der Waals surface area (Å²) in [5.41, 5.74) is 2.29. The van der Waals surface area contributed by atoms with Crippen LogP contribution in [0.3, 0.4) is 0 Å². The topological polar surface area (TPSA) is 60.7 Å². The molecule has 1 aromatic heterocycles. The molecule has 0 saturated heterocycles. The zero-order valence-corrected chi connectivity index (χ0v) is 19.2. The average molecular weight is 465 g/mol. The maximum absolute atomic E-state index is 13.4. The molecule has 2 aromatic carbocycles. The SMILES string of the molecule is CCOC(=O)C1=C(C)N=c2sc(=C/C=C\c3ccccc3)c(=O)n2[C@H]1c1ccccc1Cl. The van der Waals surface area contributed by atoms with Crippen molar-refractivity contribution in [3.8, 4) is 0 Å². The van der Waals surface area contributed by atoms with Gasteiger partial charge in [-0.3, -0.25) is 9.36 Å². The van der Waals surface area contributed by atoms with Crippen LogP contribution in [-0.4, -0.2) is 17.1 Å². The van der Waals surface area contributed by atoms with Gasteiger partial charge in [0.25, 0.3) is 5.56 Å². The maximum Gasteiger partial charge on any atom is 0.338 e. The molecule has 5 nitrogen and oxygen atoms in total. The van der Waals surface area contributed by atoms with Crippen molar-refractivity contribution in [3.63, 3.8) is 0 Å². The van der Waals surface area contributed by atoms with Crippen molar-refractivity contribution < 1.29 is 9.53 Å². The minimum Gasteiger partial charge on any atom is -0.463 e. The number of rotatable bonds is 5. The van der Waals surface area contributed by atoms with Crippen LogP contribution in [0.5, 0.6) is 0 Å². The molecular weight excluding hydrogens is 444 g/mol. The molecule has 0 aliphatic carbocycles. The summed E-state index contributed by atoms with van der Waals surface area (Å²) >= 11 is 7.77. The molecule has 2 heterocycles. The predicted octanol–water partition coefficient (Wildman–Crippen LogP) is 4.12. The number of nitrogens with zero attached hydrogens (tertiary/aromatic N) is 2. The highest BCUT2D eigenvalue weighted by molar-refractivity contribution is 7.07. The fourth-order valence-electron chi connectivity index (χ4n) is 3.61. The number of hydrogen-bond donors (Lipinski definition) is 0. The third-order valence-corrected chi connectivity index (χ3v) is 6.40. The normalized spacial score (nSPS) is 16.2. The van der Waals surface area contributed by atoms with Gasteiger partial charge in [-0.15, -0.1) is 0 Å². The second-order valence-electron chi connectivity index (χ2n) is 7.12. The van der Waals surface area contributed by atoms with Gasteiger partial charge in [0.15, 0.2) is 4.80 Å². The van der Waals surface area contributed by atoms with Crippen LogP contribution in [-0.2, 0) is 9.53 Å². The van der Waals surface area contributed by atoms with Gasteiger partial charge in [-0.2, -0.15) is 0 Å². The van der Waals surface area contributed by atoms with Crippen molar-refractivity contribution >= 4 is 41.1 Å². The van der Waals surface area contributed by atoms with Gasteiger partial charge < -0.3 is 4.74 Å². The van der Waals surface area contributed by atoms with Crippen LogP contribution in [0.1, 0.15) is 31.0 Å². The van der Waals surface area contributed by atoms with E-state index >= 15 is 0 Å². The smallest absolute Gasteiger partial charge is 0.338 e. The van der Waals surface area contributed by atoms with Crippen molar-refractivity contribution in [3.05, 3.63) is 108 Å². The van der Waals surface area contributed by atoms with E-state index in [0.717, 1.165) is 5.56 Å². The van der Waals surface area contributed by atoms with Crippen molar-refractivity contribution in [2.45, 2.75) is 19.9 Å². The Morgan fingerprint density at radius 3 is 2.62 bits per heavy atom. The van der Waals surface area contributed by atoms with E-state index in [4.69, 9.17) is 16.3 Å². The molecule has 0 saturated carbocycles. The monoisotopic (exact) mass is 464 g/mol. The number of carbonyl (C=O) groups excluding carboxylic acids is 1. The average Bonchev–Trinajstić information content (AvgIpc) is 3.09. The van der Waals surface area contributed by atoms with E-state index in [9.17, 15) is 9.59 Å². The third kappa shape index (κ3) is 4.24. The molecule has 162 valence electrons. The Morgan fingerprint density at radius 2 is 1.91 bits per heavy atom. The Kier molecular flexibility index (Phi) is 6.53. The first-order valence-corrected chi connectivity index (χ1v) is 11.4. The van der Waals surface area contributed by atoms with Gasteiger partial charge in [-0.1, -0.05) is 83.6 Å². The highest BCUT2D eigenvalue weighted by Gasteiger charge is 2.34. The van der Waals surface area contributed by atoms with Crippen LogP contribution in [0.2, 0.25) is 5.02 Å².